The zero-order chi connectivity index (χ0) is 29.5. The van der Waals surface area contributed by atoms with Crippen molar-refractivity contribution in [3.8, 4) is 17.2 Å². The summed E-state index contributed by atoms with van der Waals surface area (Å²) >= 11 is 1.31. The lowest BCUT2D eigenvalue weighted by atomic mass is 10.1. The van der Waals surface area contributed by atoms with E-state index in [9.17, 15) is 14.3 Å². The molecule has 1 aliphatic heterocycles. The highest BCUT2D eigenvalue weighted by molar-refractivity contribution is 7.21. The fraction of sp³-hybridized carbons (Fsp3) is 0.364. The highest BCUT2D eigenvalue weighted by Crippen LogP contribution is 2.42. The Morgan fingerprint density at radius 2 is 1.62 bits per heavy atom. The van der Waals surface area contributed by atoms with Crippen LogP contribution in [0.25, 0.3) is 10.1 Å². The van der Waals surface area contributed by atoms with Crippen LogP contribution >= 0.6 is 11.3 Å². The largest absolute Gasteiger partial charge is 0.508 e. The van der Waals surface area contributed by atoms with Gasteiger partial charge >= 0.3 is 0 Å². The van der Waals surface area contributed by atoms with Crippen LogP contribution in [0.3, 0.4) is 0 Å². The Morgan fingerprint density at radius 1 is 0.975 bits per heavy atom. The average molecular weight is 567 g/mol. The maximum absolute atomic E-state index is 13.3. The number of fused-ring (bicyclic) bond motifs is 1. The van der Waals surface area contributed by atoms with Crippen molar-refractivity contribution >= 4 is 32.9 Å². The van der Waals surface area contributed by atoms with Gasteiger partial charge in [-0.2, -0.15) is 0 Å². The molecule has 0 amide bonds. The van der Waals surface area contributed by atoms with Crippen LogP contribution in [0.4, 0.5) is 10.1 Å². The van der Waals surface area contributed by atoms with E-state index in [4.69, 9.17) is 4.74 Å². The second-order valence-electron chi connectivity index (χ2n) is 8.41. The number of likely N-dealkylation sites (tertiary alicyclic amines) is 1. The van der Waals surface area contributed by atoms with Crippen LogP contribution in [0.15, 0.2) is 72.8 Å². The van der Waals surface area contributed by atoms with E-state index in [1.165, 1.54) is 11.3 Å². The first-order valence-corrected chi connectivity index (χ1v) is 15.1. The van der Waals surface area contributed by atoms with Gasteiger partial charge in [0, 0.05) is 41.0 Å². The van der Waals surface area contributed by atoms with Gasteiger partial charge in [-0.1, -0.05) is 71.9 Å². The van der Waals surface area contributed by atoms with Crippen molar-refractivity contribution in [3.05, 3.63) is 83.2 Å². The lowest BCUT2D eigenvalue weighted by molar-refractivity contribution is 0.104. The summed E-state index contributed by atoms with van der Waals surface area (Å²) in [6.45, 7) is 14.4. The summed E-state index contributed by atoms with van der Waals surface area (Å²) in [4.78, 5) is 16.0. The summed E-state index contributed by atoms with van der Waals surface area (Å²) in [7, 11) is 0. The molecule has 4 aromatic rings. The Kier molecular flexibility index (Phi) is 14.2. The first-order chi connectivity index (χ1) is 19.6. The minimum absolute atomic E-state index is 0.114. The van der Waals surface area contributed by atoms with Gasteiger partial charge in [-0.3, -0.25) is 14.1 Å². The second-order valence-corrected chi connectivity index (χ2v) is 9.46. The molecule has 1 aromatic heterocycles. The molecule has 5 nitrogen and oxygen atoms in total. The zero-order valence-electron chi connectivity index (χ0n) is 24.5. The molecular formula is C33H43FN2O3S. The lowest BCUT2D eigenvalue weighted by Gasteiger charge is -2.40. The van der Waals surface area contributed by atoms with E-state index in [2.05, 4.69) is 10.2 Å². The number of alkyl halides is 1. The molecule has 216 valence electrons. The quantitative estimate of drug-likeness (QED) is 0.198. The summed E-state index contributed by atoms with van der Waals surface area (Å²) in [5.41, 5.74) is 1.58. The third-order valence-corrected chi connectivity index (χ3v) is 7.01. The number of benzene rings is 3. The number of hydrogen-bond acceptors (Lipinski definition) is 6. The molecule has 3 aromatic carbocycles. The molecule has 0 bridgehead atoms. The number of thiophene rings is 1. The predicted octanol–water partition coefficient (Wildman–Crippen LogP) is 9.16. The molecule has 2 N–H and O–H groups in total. The van der Waals surface area contributed by atoms with Crippen LogP contribution in [0.5, 0.6) is 17.2 Å². The topological polar surface area (TPSA) is 61.8 Å². The van der Waals surface area contributed by atoms with E-state index in [-0.39, 0.29) is 18.2 Å². The molecule has 0 spiro atoms. The number of ketones is 1. The van der Waals surface area contributed by atoms with Crippen molar-refractivity contribution in [1.29, 1.82) is 0 Å². The van der Waals surface area contributed by atoms with Gasteiger partial charge in [0.1, 0.15) is 16.4 Å². The third-order valence-electron chi connectivity index (χ3n) is 5.88. The summed E-state index contributed by atoms with van der Waals surface area (Å²) in [6.07, 6.45) is 0.588. The standard InChI is InChI=1S/C27H25FN2O3S.3C2H6/c28-13-4-14-30-16-20(17-30)29-19-7-10-22(11-8-19)33-26-23-12-9-21(31)15-24(23)34-27(26)25(32)18-5-2-1-3-6-18;3*1-2/h1-3,5-12,15,20,29,31H,4,13-14,16-17H2;3*1-2H3. The second kappa shape index (κ2) is 17.3. The molecule has 1 saturated heterocycles. The van der Waals surface area contributed by atoms with Crippen LogP contribution < -0.4 is 10.1 Å². The number of hydrogen-bond donors (Lipinski definition) is 2. The summed E-state index contributed by atoms with van der Waals surface area (Å²) in [5, 5.41) is 14.2. The number of halogens is 1. The molecule has 5 rings (SSSR count). The number of nitrogens with zero attached hydrogens (tertiary/aromatic N) is 1. The number of aromatic hydroxyl groups is 1. The van der Waals surface area contributed by atoms with E-state index in [0.29, 0.717) is 34.4 Å². The molecule has 0 aliphatic carbocycles. The van der Waals surface area contributed by atoms with Crippen molar-refractivity contribution in [2.75, 3.05) is 31.6 Å². The minimum Gasteiger partial charge on any atom is -0.508 e. The SMILES string of the molecule is CC.CC.CC.O=C(c1ccccc1)c1sc2cc(O)ccc2c1Oc1ccc(NC2CN(CCCF)C2)cc1. The number of phenolic OH excluding ortho intramolecular Hbond substituents is 1. The summed E-state index contributed by atoms with van der Waals surface area (Å²) < 4.78 is 19.3. The lowest BCUT2D eigenvalue weighted by Crippen LogP contribution is -2.54. The number of nitrogens with one attached hydrogen (secondary N) is 1. The van der Waals surface area contributed by atoms with Crippen LogP contribution in [0.2, 0.25) is 0 Å². The molecule has 40 heavy (non-hydrogen) atoms. The van der Waals surface area contributed by atoms with Gasteiger partial charge in [-0.25, -0.2) is 0 Å². The first kappa shape index (κ1) is 32.8. The van der Waals surface area contributed by atoms with E-state index in [1.807, 2.05) is 84.0 Å². The van der Waals surface area contributed by atoms with Gasteiger partial charge in [0.2, 0.25) is 5.78 Å². The molecule has 2 heterocycles. The van der Waals surface area contributed by atoms with E-state index >= 15 is 0 Å². The Labute approximate surface area is 242 Å². The van der Waals surface area contributed by atoms with Gasteiger partial charge in [0.05, 0.1) is 12.7 Å². The molecule has 0 atom stereocenters. The fourth-order valence-corrected chi connectivity index (χ4v) is 5.26. The number of carbonyl (C=O) groups is 1. The third kappa shape index (κ3) is 8.54. The molecule has 0 unspecified atom stereocenters. The van der Waals surface area contributed by atoms with Crippen LogP contribution in [-0.2, 0) is 0 Å². The van der Waals surface area contributed by atoms with Crippen molar-refractivity contribution < 1.29 is 19.0 Å². The minimum atomic E-state index is -0.269. The molecule has 0 radical (unpaired) electrons. The van der Waals surface area contributed by atoms with E-state index < -0.39 is 0 Å². The van der Waals surface area contributed by atoms with Crippen molar-refractivity contribution in [3.63, 3.8) is 0 Å². The molecule has 7 heteroatoms. The zero-order valence-corrected chi connectivity index (χ0v) is 25.4. The Bertz CT molecular complexity index is 1290. The van der Waals surface area contributed by atoms with Crippen LogP contribution in [0.1, 0.15) is 63.2 Å². The Morgan fingerprint density at radius 3 is 2.25 bits per heavy atom. The fourth-order valence-electron chi connectivity index (χ4n) is 4.13. The van der Waals surface area contributed by atoms with E-state index in [0.717, 1.165) is 35.4 Å². The maximum Gasteiger partial charge on any atom is 0.206 e. The van der Waals surface area contributed by atoms with Gasteiger partial charge in [0.15, 0.2) is 5.75 Å². The predicted molar refractivity (Wildman–Crippen MR) is 168 cm³/mol. The monoisotopic (exact) mass is 566 g/mol. The Balaban J connectivity index is 0.000000876. The number of anilines is 1. The van der Waals surface area contributed by atoms with Crippen molar-refractivity contribution in [2.45, 2.75) is 54.0 Å². The highest BCUT2D eigenvalue weighted by atomic mass is 32.1. The maximum atomic E-state index is 13.3. The van der Waals surface area contributed by atoms with Gasteiger partial charge in [0.25, 0.3) is 0 Å². The van der Waals surface area contributed by atoms with Crippen molar-refractivity contribution in [2.24, 2.45) is 0 Å². The summed E-state index contributed by atoms with van der Waals surface area (Å²) in [5.74, 6) is 1.15. The molecule has 0 saturated carbocycles. The van der Waals surface area contributed by atoms with Crippen LogP contribution in [0, 0.1) is 0 Å². The highest BCUT2D eigenvalue weighted by Gasteiger charge is 2.26. The number of carbonyl (C=O) groups excluding carboxylic acids is 1. The Hall–Kier alpha value is -3.42. The van der Waals surface area contributed by atoms with Gasteiger partial charge in [-0.15, -0.1) is 11.3 Å². The number of rotatable bonds is 9. The molecule has 1 fully saturated rings. The van der Waals surface area contributed by atoms with Gasteiger partial charge < -0.3 is 15.2 Å². The van der Waals surface area contributed by atoms with Crippen LogP contribution in [-0.4, -0.2) is 48.1 Å². The smallest absolute Gasteiger partial charge is 0.206 e. The summed E-state index contributed by atoms with van der Waals surface area (Å²) in [6, 6.07) is 22.2. The first-order valence-electron chi connectivity index (χ1n) is 14.3. The molecule has 1 aliphatic rings. The normalized spacial score (nSPS) is 12.5. The molecular weight excluding hydrogens is 523 g/mol. The number of ether oxygens (including phenoxy) is 1. The number of phenols is 1. The van der Waals surface area contributed by atoms with E-state index in [1.54, 1.807) is 30.3 Å². The van der Waals surface area contributed by atoms with Crippen molar-refractivity contribution in [1.82, 2.24) is 4.90 Å². The average Bonchev–Trinajstić information content (AvgIpc) is 3.35. The van der Waals surface area contributed by atoms with Gasteiger partial charge in [-0.05, 0) is 48.9 Å².